The Bertz CT molecular complexity index is 236. The Kier molecular flexibility index (Phi) is 1.81. The molecule has 1 rings (SSSR count). The lowest BCUT2D eigenvalue weighted by Gasteiger charge is -2.28. The monoisotopic (exact) mass is 174 g/mol. The van der Waals surface area contributed by atoms with Gasteiger partial charge < -0.3 is 10.2 Å². The molecular weight excluding hydrogens is 164 g/mol. The highest BCUT2D eigenvalue weighted by Crippen LogP contribution is 2.21. The number of aliphatic hydroxyl groups is 2. The van der Waals surface area contributed by atoms with Crippen molar-refractivity contribution in [2.24, 2.45) is 0 Å². The van der Waals surface area contributed by atoms with Crippen LogP contribution in [0.3, 0.4) is 0 Å². The normalized spacial score (nSPS) is 21.9. The van der Waals surface area contributed by atoms with E-state index in [9.17, 15) is 9.59 Å². The Morgan fingerprint density at radius 2 is 1.92 bits per heavy atom. The molecule has 12 heavy (non-hydrogen) atoms. The molecule has 1 saturated heterocycles. The number of imide groups is 1. The molecule has 1 aliphatic heterocycles. The van der Waals surface area contributed by atoms with Crippen molar-refractivity contribution in [2.45, 2.75) is 25.8 Å². The first-order valence-electron chi connectivity index (χ1n) is 3.38. The molecule has 0 aromatic rings. The zero-order valence-corrected chi connectivity index (χ0v) is 6.74. The number of carbonyl (C=O) groups excluding carboxylic acids is 2. The van der Waals surface area contributed by atoms with Crippen LogP contribution in [-0.4, -0.2) is 39.0 Å². The smallest absolute Gasteiger partial charge is 0.328 e. The number of amides is 3. The zero-order valence-electron chi connectivity index (χ0n) is 6.74. The van der Waals surface area contributed by atoms with E-state index < -0.39 is 23.9 Å². The van der Waals surface area contributed by atoms with E-state index in [1.165, 1.54) is 13.8 Å². The summed E-state index contributed by atoms with van der Waals surface area (Å²) in [5.74, 6) is -0.541. The predicted molar refractivity (Wildman–Crippen MR) is 37.7 cm³/mol. The van der Waals surface area contributed by atoms with Crippen LogP contribution >= 0.6 is 0 Å². The van der Waals surface area contributed by atoms with Gasteiger partial charge in [-0.15, -0.1) is 0 Å². The summed E-state index contributed by atoms with van der Waals surface area (Å²) in [6.07, 6.45) is -1.95. The number of rotatable bonds is 1. The van der Waals surface area contributed by atoms with E-state index in [0.29, 0.717) is 4.90 Å². The van der Waals surface area contributed by atoms with Crippen molar-refractivity contribution in [1.29, 1.82) is 0 Å². The maximum atomic E-state index is 11.0. The molecule has 0 aromatic carbocycles. The van der Waals surface area contributed by atoms with Gasteiger partial charge in [0.1, 0.15) is 5.54 Å². The number of hydrogen-bond donors (Lipinski definition) is 3. The van der Waals surface area contributed by atoms with Gasteiger partial charge in [0.2, 0.25) is 6.41 Å². The Morgan fingerprint density at radius 1 is 1.42 bits per heavy atom. The van der Waals surface area contributed by atoms with Gasteiger partial charge >= 0.3 is 6.03 Å². The van der Waals surface area contributed by atoms with E-state index in [2.05, 4.69) is 0 Å². The molecule has 6 nitrogen and oxygen atoms in total. The average molecular weight is 174 g/mol. The van der Waals surface area contributed by atoms with Crippen LogP contribution in [0.4, 0.5) is 4.79 Å². The van der Waals surface area contributed by atoms with Crippen LogP contribution in [0.5, 0.6) is 0 Å². The summed E-state index contributed by atoms with van der Waals surface area (Å²) in [7, 11) is 0. The number of carbonyl (C=O) groups is 2. The van der Waals surface area contributed by atoms with Crippen molar-refractivity contribution in [3.05, 3.63) is 0 Å². The van der Waals surface area contributed by atoms with E-state index in [4.69, 9.17) is 10.2 Å². The summed E-state index contributed by atoms with van der Waals surface area (Å²) in [5, 5.41) is 19.5. The summed E-state index contributed by atoms with van der Waals surface area (Å²) >= 11 is 0. The molecule has 0 unspecified atom stereocenters. The molecule has 0 radical (unpaired) electrons. The van der Waals surface area contributed by atoms with Crippen molar-refractivity contribution >= 4 is 11.9 Å². The van der Waals surface area contributed by atoms with E-state index in [-0.39, 0.29) is 0 Å². The quantitative estimate of drug-likeness (QED) is 0.336. The van der Waals surface area contributed by atoms with Gasteiger partial charge in [0.15, 0.2) is 0 Å². The van der Waals surface area contributed by atoms with Gasteiger partial charge in [-0.3, -0.25) is 15.0 Å². The molecular formula is C6H10N2O4. The van der Waals surface area contributed by atoms with Crippen molar-refractivity contribution in [3.63, 3.8) is 0 Å². The maximum absolute atomic E-state index is 11.0. The summed E-state index contributed by atoms with van der Waals surface area (Å²) in [4.78, 5) is 22.6. The predicted octanol–water partition coefficient (Wildman–Crippen LogP) is -1.41. The molecule has 1 aliphatic rings. The Balaban J connectivity index is 2.99. The highest BCUT2D eigenvalue weighted by Gasteiger charge is 2.48. The van der Waals surface area contributed by atoms with Crippen LogP contribution in [0.1, 0.15) is 13.8 Å². The second-order valence-electron chi connectivity index (χ2n) is 3.03. The van der Waals surface area contributed by atoms with E-state index in [1.54, 1.807) is 0 Å². The fraction of sp³-hybridized carbons (Fsp3) is 0.667. The molecule has 6 heteroatoms. The zero-order chi connectivity index (χ0) is 9.52. The van der Waals surface area contributed by atoms with E-state index >= 15 is 0 Å². The minimum Gasteiger partial charge on any atom is -0.351 e. The third-order valence-electron chi connectivity index (χ3n) is 1.83. The maximum Gasteiger partial charge on any atom is 0.328 e. The molecule has 0 bridgehead atoms. The topological polar surface area (TPSA) is 89.9 Å². The number of hydrogen-bond acceptors (Lipinski definition) is 4. The molecule has 1 heterocycles. The Hall–Kier alpha value is -1.14. The van der Waals surface area contributed by atoms with Crippen LogP contribution in [0.15, 0.2) is 0 Å². The first-order chi connectivity index (χ1) is 5.37. The van der Waals surface area contributed by atoms with Gasteiger partial charge in [-0.1, -0.05) is 0 Å². The molecule has 0 saturated carbocycles. The molecule has 0 aliphatic carbocycles. The van der Waals surface area contributed by atoms with Crippen molar-refractivity contribution < 1.29 is 19.8 Å². The SMILES string of the molecule is CC1(C)C(=O)NC(=O)N1C(O)O. The van der Waals surface area contributed by atoms with Crippen LogP contribution in [0.25, 0.3) is 0 Å². The van der Waals surface area contributed by atoms with Crippen molar-refractivity contribution in [2.75, 3.05) is 0 Å². The van der Waals surface area contributed by atoms with Gasteiger partial charge in [-0.25, -0.2) is 4.79 Å². The van der Waals surface area contributed by atoms with Gasteiger partial charge in [0.25, 0.3) is 5.91 Å². The second kappa shape index (κ2) is 2.43. The van der Waals surface area contributed by atoms with Crippen LogP contribution < -0.4 is 5.32 Å². The third kappa shape index (κ3) is 1.05. The summed E-state index contributed by atoms with van der Waals surface area (Å²) in [6.45, 7) is 2.85. The van der Waals surface area contributed by atoms with Gasteiger partial charge in [-0.2, -0.15) is 0 Å². The average Bonchev–Trinajstić information content (AvgIpc) is 2.02. The van der Waals surface area contributed by atoms with Gasteiger partial charge in [0.05, 0.1) is 0 Å². The van der Waals surface area contributed by atoms with Crippen molar-refractivity contribution in [3.8, 4) is 0 Å². The minimum absolute atomic E-state index is 0.541. The highest BCUT2D eigenvalue weighted by atomic mass is 16.5. The molecule has 0 spiro atoms. The first-order valence-corrected chi connectivity index (χ1v) is 3.38. The molecule has 1 fully saturated rings. The fourth-order valence-corrected chi connectivity index (χ4v) is 1.07. The summed E-state index contributed by atoms with van der Waals surface area (Å²) in [5.41, 5.74) is -1.20. The molecule has 3 N–H and O–H groups in total. The number of aliphatic hydroxyl groups excluding tert-OH is 1. The highest BCUT2D eigenvalue weighted by molar-refractivity contribution is 6.06. The number of nitrogens with zero attached hydrogens (tertiary/aromatic N) is 1. The molecule has 68 valence electrons. The molecule has 3 amide bonds. The minimum atomic E-state index is -1.95. The largest absolute Gasteiger partial charge is 0.351 e. The number of urea groups is 1. The van der Waals surface area contributed by atoms with Crippen LogP contribution in [0, 0.1) is 0 Å². The Morgan fingerprint density at radius 3 is 2.08 bits per heavy atom. The number of nitrogens with one attached hydrogen (secondary N) is 1. The van der Waals surface area contributed by atoms with Crippen LogP contribution in [0.2, 0.25) is 0 Å². The van der Waals surface area contributed by atoms with E-state index in [1.807, 2.05) is 5.32 Å². The van der Waals surface area contributed by atoms with Crippen LogP contribution in [-0.2, 0) is 4.79 Å². The molecule has 0 aromatic heterocycles. The Labute approximate surface area is 68.8 Å². The van der Waals surface area contributed by atoms with Gasteiger partial charge in [0, 0.05) is 0 Å². The third-order valence-corrected chi connectivity index (χ3v) is 1.83. The standard InChI is InChI=1S/C6H10N2O4/c1-6(2)3(9)7-4(10)8(6)5(11)12/h5,11-12H,1-2H3,(H,7,9,10). The fourth-order valence-electron chi connectivity index (χ4n) is 1.07. The molecule has 0 atom stereocenters. The lowest BCUT2D eigenvalue weighted by Crippen LogP contribution is -2.49. The van der Waals surface area contributed by atoms with E-state index in [0.717, 1.165) is 0 Å². The second-order valence-corrected chi connectivity index (χ2v) is 3.03. The first kappa shape index (κ1) is 8.95. The van der Waals surface area contributed by atoms with Gasteiger partial charge in [-0.05, 0) is 13.8 Å². The lowest BCUT2D eigenvalue weighted by atomic mass is 10.1. The lowest BCUT2D eigenvalue weighted by molar-refractivity contribution is -0.161. The van der Waals surface area contributed by atoms with Crippen molar-refractivity contribution in [1.82, 2.24) is 10.2 Å². The summed E-state index contributed by atoms with van der Waals surface area (Å²) in [6, 6.07) is -0.792. The summed E-state index contributed by atoms with van der Waals surface area (Å²) < 4.78 is 0.